The van der Waals surface area contributed by atoms with Gasteiger partial charge in [-0.2, -0.15) is 0 Å². The van der Waals surface area contributed by atoms with Crippen molar-refractivity contribution in [3.8, 4) is 0 Å². The van der Waals surface area contributed by atoms with Gasteiger partial charge in [0.25, 0.3) is 12.8 Å². The highest BCUT2D eigenvalue weighted by molar-refractivity contribution is 6.36. The predicted octanol–water partition coefficient (Wildman–Crippen LogP) is 2.13. The van der Waals surface area contributed by atoms with Crippen LogP contribution >= 0.6 is 0 Å². The van der Waals surface area contributed by atoms with Crippen molar-refractivity contribution < 1.29 is 26.4 Å². The van der Waals surface area contributed by atoms with Crippen molar-refractivity contribution >= 4 is 9.53 Å². The Bertz CT molecular complexity index is 159. The van der Waals surface area contributed by atoms with Gasteiger partial charge in [-0.25, -0.2) is 13.2 Å². The standard InChI is InChI=1S/C8H17F3O3Si/c1-5(2)12-15(13-6(3)4)14-8(11)7(9)10/h5-8,15H,1-4H3. The van der Waals surface area contributed by atoms with Gasteiger partial charge < -0.3 is 13.3 Å². The van der Waals surface area contributed by atoms with Gasteiger partial charge in [0.2, 0.25) is 0 Å². The molecule has 0 fully saturated rings. The first-order chi connectivity index (χ1) is 6.82. The summed E-state index contributed by atoms with van der Waals surface area (Å²) < 4.78 is 50.9. The average Bonchev–Trinajstić information content (AvgIpc) is 2.00. The van der Waals surface area contributed by atoms with Crippen LogP contribution in [0.1, 0.15) is 27.7 Å². The second-order valence-electron chi connectivity index (χ2n) is 3.48. The minimum atomic E-state index is -3.17. The maximum Gasteiger partial charge on any atom is 0.486 e. The lowest BCUT2D eigenvalue weighted by molar-refractivity contribution is -0.103. The smallest absolute Gasteiger partial charge is 0.373 e. The molecule has 0 heterocycles. The molecule has 0 bridgehead atoms. The van der Waals surface area contributed by atoms with Gasteiger partial charge in [0.1, 0.15) is 0 Å². The molecule has 0 aliphatic carbocycles. The summed E-state index contributed by atoms with van der Waals surface area (Å²) >= 11 is 0. The first-order valence-electron chi connectivity index (χ1n) is 4.71. The van der Waals surface area contributed by atoms with E-state index in [0.29, 0.717) is 0 Å². The molecule has 1 atom stereocenters. The van der Waals surface area contributed by atoms with Gasteiger partial charge >= 0.3 is 9.53 Å². The van der Waals surface area contributed by atoms with Gasteiger partial charge in [0.05, 0.1) is 0 Å². The van der Waals surface area contributed by atoms with Crippen LogP contribution in [0.4, 0.5) is 13.2 Å². The summed E-state index contributed by atoms with van der Waals surface area (Å²) in [4.78, 5) is 0. The van der Waals surface area contributed by atoms with E-state index in [1.165, 1.54) is 0 Å². The maximum absolute atomic E-state index is 12.6. The molecule has 0 saturated heterocycles. The van der Waals surface area contributed by atoms with E-state index in [-0.39, 0.29) is 12.2 Å². The summed E-state index contributed by atoms with van der Waals surface area (Å²) in [5.41, 5.74) is 0. The molecular weight excluding hydrogens is 229 g/mol. The van der Waals surface area contributed by atoms with Crippen molar-refractivity contribution in [3.05, 3.63) is 0 Å². The van der Waals surface area contributed by atoms with Crippen LogP contribution in [0.3, 0.4) is 0 Å². The molecule has 0 aromatic carbocycles. The van der Waals surface area contributed by atoms with Gasteiger partial charge in [0.15, 0.2) is 0 Å². The lowest BCUT2D eigenvalue weighted by Gasteiger charge is -2.22. The van der Waals surface area contributed by atoms with E-state index in [1.807, 2.05) is 0 Å². The van der Waals surface area contributed by atoms with Crippen molar-refractivity contribution in [2.24, 2.45) is 0 Å². The van der Waals surface area contributed by atoms with E-state index < -0.39 is 22.3 Å². The quantitative estimate of drug-likeness (QED) is 0.644. The van der Waals surface area contributed by atoms with Gasteiger partial charge in [0, 0.05) is 12.2 Å². The third-order valence-corrected chi connectivity index (χ3v) is 3.22. The van der Waals surface area contributed by atoms with Crippen LogP contribution in [-0.4, -0.2) is 34.5 Å². The molecule has 0 radical (unpaired) electrons. The largest absolute Gasteiger partial charge is 0.486 e. The zero-order valence-corrected chi connectivity index (χ0v) is 10.4. The number of alkyl halides is 3. The molecule has 0 amide bonds. The minimum absolute atomic E-state index is 0.245. The van der Waals surface area contributed by atoms with Gasteiger partial charge in [-0.05, 0) is 27.7 Å². The first kappa shape index (κ1) is 14.9. The molecule has 0 aliphatic heterocycles. The molecule has 0 aromatic heterocycles. The Labute approximate surface area is 89.5 Å². The molecule has 0 N–H and O–H groups in total. The first-order valence-corrected chi connectivity index (χ1v) is 6.13. The highest BCUT2D eigenvalue weighted by Crippen LogP contribution is 2.11. The summed E-state index contributed by atoms with van der Waals surface area (Å²) in [5.74, 6) is 0. The van der Waals surface area contributed by atoms with E-state index >= 15 is 0 Å². The fourth-order valence-electron chi connectivity index (χ4n) is 0.706. The highest BCUT2D eigenvalue weighted by atomic mass is 28.3. The SMILES string of the molecule is CC(C)O[SiH](OC(C)C)OC(F)C(F)F. The maximum atomic E-state index is 12.6. The second kappa shape index (κ2) is 7.21. The predicted molar refractivity (Wildman–Crippen MR) is 51.6 cm³/mol. The Hall–Kier alpha value is -0.113. The normalized spacial score (nSPS) is 14.6. The molecule has 0 aliphatic rings. The lowest BCUT2D eigenvalue weighted by atomic mass is 10.5. The summed E-state index contributed by atoms with van der Waals surface area (Å²) in [6.07, 6.45) is -6.30. The average molecular weight is 246 g/mol. The number of halogens is 3. The summed E-state index contributed by atoms with van der Waals surface area (Å²) in [6.45, 7) is 6.79. The molecule has 1 unspecified atom stereocenters. The third-order valence-electron chi connectivity index (χ3n) is 1.21. The van der Waals surface area contributed by atoms with Gasteiger partial charge in [-0.3, -0.25) is 0 Å². The monoisotopic (exact) mass is 246 g/mol. The molecule has 7 heteroatoms. The van der Waals surface area contributed by atoms with Crippen molar-refractivity contribution in [2.75, 3.05) is 0 Å². The fourth-order valence-corrected chi connectivity index (χ4v) is 2.12. The number of rotatable bonds is 7. The van der Waals surface area contributed by atoms with Crippen LogP contribution in [0, 0.1) is 0 Å². The zero-order chi connectivity index (χ0) is 12.0. The van der Waals surface area contributed by atoms with E-state index in [9.17, 15) is 13.2 Å². The van der Waals surface area contributed by atoms with Crippen molar-refractivity contribution in [1.82, 2.24) is 0 Å². The Balaban J connectivity index is 4.11. The molecule has 0 aromatic rings. The van der Waals surface area contributed by atoms with Crippen molar-refractivity contribution in [2.45, 2.75) is 52.7 Å². The van der Waals surface area contributed by atoms with E-state index in [0.717, 1.165) is 0 Å². The second-order valence-corrected chi connectivity index (χ2v) is 4.87. The van der Waals surface area contributed by atoms with Crippen LogP contribution in [0.5, 0.6) is 0 Å². The van der Waals surface area contributed by atoms with E-state index in [1.54, 1.807) is 27.7 Å². The van der Waals surface area contributed by atoms with E-state index in [2.05, 4.69) is 4.43 Å². The molecule has 0 spiro atoms. The van der Waals surface area contributed by atoms with Crippen LogP contribution < -0.4 is 0 Å². The molecule has 3 nitrogen and oxygen atoms in total. The van der Waals surface area contributed by atoms with Crippen LogP contribution in [0.15, 0.2) is 0 Å². The Morgan fingerprint density at radius 2 is 1.20 bits per heavy atom. The molecular formula is C8H17F3O3Si. The molecule has 15 heavy (non-hydrogen) atoms. The highest BCUT2D eigenvalue weighted by Gasteiger charge is 2.29. The van der Waals surface area contributed by atoms with Gasteiger partial charge in [-0.15, -0.1) is 0 Å². The number of hydrogen-bond acceptors (Lipinski definition) is 3. The summed E-state index contributed by atoms with van der Waals surface area (Å²) in [5, 5.41) is 0. The Morgan fingerprint density at radius 3 is 1.47 bits per heavy atom. The Kier molecular flexibility index (Phi) is 7.15. The molecule has 0 saturated carbocycles. The van der Waals surface area contributed by atoms with Crippen LogP contribution in [0.25, 0.3) is 0 Å². The fraction of sp³-hybridized carbons (Fsp3) is 1.00. The number of hydrogen-bond donors (Lipinski definition) is 0. The van der Waals surface area contributed by atoms with Crippen molar-refractivity contribution in [1.29, 1.82) is 0 Å². The third kappa shape index (κ3) is 7.77. The van der Waals surface area contributed by atoms with Crippen molar-refractivity contribution in [3.63, 3.8) is 0 Å². The summed E-state index contributed by atoms with van der Waals surface area (Å²) in [6, 6.07) is 0. The Morgan fingerprint density at radius 1 is 0.800 bits per heavy atom. The van der Waals surface area contributed by atoms with Crippen LogP contribution in [-0.2, 0) is 13.3 Å². The summed E-state index contributed by atoms with van der Waals surface area (Å²) in [7, 11) is -2.82. The topological polar surface area (TPSA) is 27.7 Å². The lowest BCUT2D eigenvalue weighted by Crippen LogP contribution is -2.37. The van der Waals surface area contributed by atoms with E-state index in [4.69, 9.17) is 8.85 Å². The minimum Gasteiger partial charge on any atom is -0.373 e. The molecule has 0 rings (SSSR count). The molecule has 92 valence electrons. The zero-order valence-electron chi connectivity index (χ0n) is 9.25. The van der Waals surface area contributed by atoms with Gasteiger partial charge in [-0.1, -0.05) is 0 Å². The van der Waals surface area contributed by atoms with Crippen LogP contribution in [0.2, 0.25) is 0 Å².